The second kappa shape index (κ2) is 4.61. The third-order valence-electron chi connectivity index (χ3n) is 2.92. The van der Waals surface area contributed by atoms with Gasteiger partial charge >= 0.3 is 5.97 Å². The summed E-state index contributed by atoms with van der Waals surface area (Å²) in [5.41, 5.74) is 4.57. The van der Waals surface area contributed by atoms with Gasteiger partial charge in [-0.1, -0.05) is 13.3 Å². The van der Waals surface area contributed by atoms with E-state index in [4.69, 9.17) is 10.8 Å². The molecule has 1 rings (SSSR count). The highest BCUT2D eigenvalue weighted by atomic mass is 16.4. The molecule has 0 bridgehead atoms. The molecule has 4 N–H and O–H groups in total. The van der Waals surface area contributed by atoms with Crippen LogP contribution in [0.5, 0.6) is 0 Å². The molecule has 0 aromatic rings. The summed E-state index contributed by atoms with van der Waals surface area (Å²) in [6, 6.07) is -0.591. The Morgan fingerprint density at radius 1 is 1.53 bits per heavy atom. The highest BCUT2D eigenvalue weighted by Gasteiger charge is 2.46. The molecule has 0 unspecified atom stereocenters. The van der Waals surface area contributed by atoms with E-state index in [0.29, 0.717) is 19.3 Å². The van der Waals surface area contributed by atoms with Crippen molar-refractivity contribution in [2.24, 2.45) is 5.73 Å². The summed E-state index contributed by atoms with van der Waals surface area (Å²) in [4.78, 5) is 22.5. The molecule has 0 aromatic heterocycles. The molecule has 86 valence electrons. The molecule has 1 fully saturated rings. The second-order valence-electron chi connectivity index (χ2n) is 4.13. The van der Waals surface area contributed by atoms with Crippen molar-refractivity contribution < 1.29 is 14.7 Å². The number of hydrogen-bond acceptors (Lipinski definition) is 3. The van der Waals surface area contributed by atoms with Crippen LogP contribution in [0.3, 0.4) is 0 Å². The van der Waals surface area contributed by atoms with E-state index in [2.05, 4.69) is 5.32 Å². The first-order chi connectivity index (χ1) is 7.02. The van der Waals surface area contributed by atoms with E-state index in [-0.39, 0.29) is 5.91 Å². The lowest BCUT2D eigenvalue weighted by atomic mass is 9.76. The number of rotatable bonds is 5. The van der Waals surface area contributed by atoms with Crippen LogP contribution in [-0.2, 0) is 9.59 Å². The summed E-state index contributed by atoms with van der Waals surface area (Å²) >= 11 is 0. The number of carbonyl (C=O) groups excluding carboxylic acids is 1. The average molecular weight is 214 g/mol. The third kappa shape index (κ3) is 2.47. The third-order valence-corrected chi connectivity index (χ3v) is 2.92. The van der Waals surface area contributed by atoms with Gasteiger partial charge in [-0.05, 0) is 25.7 Å². The minimum atomic E-state index is -1.04. The number of amides is 1. The van der Waals surface area contributed by atoms with Gasteiger partial charge in [0.2, 0.25) is 5.91 Å². The van der Waals surface area contributed by atoms with Crippen molar-refractivity contribution >= 4 is 11.9 Å². The van der Waals surface area contributed by atoms with E-state index in [9.17, 15) is 9.59 Å². The standard InChI is InChI=1S/C10H18N2O3/c1-2-4-7(11)8(13)12-10(9(14)15)5-3-6-10/h7H,2-6,11H2,1H3,(H,12,13)(H,14,15)/t7-/m1/s1. The van der Waals surface area contributed by atoms with E-state index in [1.807, 2.05) is 6.92 Å². The van der Waals surface area contributed by atoms with Crippen LogP contribution in [0.25, 0.3) is 0 Å². The van der Waals surface area contributed by atoms with Crippen LogP contribution >= 0.6 is 0 Å². The molecule has 0 heterocycles. The number of carboxylic acids is 1. The van der Waals surface area contributed by atoms with Gasteiger partial charge in [0.1, 0.15) is 5.54 Å². The Labute approximate surface area is 89.0 Å². The molecule has 5 heteroatoms. The van der Waals surface area contributed by atoms with Crippen molar-refractivity contribution in [1.82, 2.24) is 5.32 Å². The first kappa shape index (κ1) is 12.0. The highest BCUT2D eigenvalue weighted by Crippen LogP contribution is 2.32. The van der Waals surface area contributed by atoms with Gasteiger partial charge in [-0.15, -0.1) is 0 Å². The fourth-order valence-electron chi connectivity index (χ4n) is 1.69. The predicted molar refractivity (Wildman–Crippen MR) is 55.2 cm³/mol. The number of carboxylic acid groups (broad SMARTS) is 1. The van der Waals surface area contributed by atoms with E-state index in [0.717, 1.165) is 12.8 Å². The summed E-state index contributed by atoms with van der Waals surface area (Å²) in [7, 11) is 0. The SMILES string of the molecule is CCC[C@@H](N)C(=O)NC1(C(=O)O)CCC1. The molecule has 0 spiro atoms. The Balaban J connectivity index is 2.52. The summed E-state index contributed by atoms with van der Waals surface area (Å²) in [6.45, 7) is 1.93. The normalized spacial score (nSPS) is 20.1. The molecule has 0 aliphatic heterocycles. The molecule has 1 aliphatic rings. The van der Waals surface area contributed by atoms with Gasteiger partial charge in [0.15, 0.2) is 0 Å². The van der Waals surface area contributed by atoms with Crippen LogP contribution in [0, 0.1) is 0 Å². The summed E-state index contributed by atoms with van der Waals surface area (Å²) < 4.78 is 0. The van der Waals surface area contributed by atoms with Crippen molar-refractivity contribution in [2.75, 3.05) is 0 Å². The van der Waals surface area contributed by atoms with Gasteiger partial charge in [-0.3, -0.25) is 4.79 Å². The number of carbonyl (C=O) groups is 2. The smallest absolute Gasteiger partial charge is 0.329 e. The van der Waals surface area contributed by atoms with Crippen LogP contribution in [0.15, 0.2) is 0 Å². The minimum Gasteiger partial charge on any atom is -0.480 e. The first-order valence-corrected chi connectivity index (χ1v) is 5.33. The average Bonchev–Trinajstić information content (AvgIpc) is 2.10. The van der Waals surface area contributed by atoms with Crippen LogP contribution in [-0.4, -0.2) is 28.6 Å². The van der Waals surface area contributed by atoms with Gasteiger partial charge in [0, 0.05) is 0 Å². The lowest BCUT2D eigenvalue weighted by Crippen LogP contribution is -2.61. The van der Waals surface area contributed by atoms with Crippen molar-refractivity contribution in [3.8, 4) is 0 Å². The maximum atomic E-state index is 11.5. The Morgan fingerprint density at radius 3 is 2.47 bits per heavy atom. The van der Waals surface area contributed by atoms with Gasteiger partial charge < -0.3 is 16.2 Å². The van der Waals surface area contributed by atoms with E-state index in [1.54, 1.807) is 0 Å². The quantitative estimate of drug-likeness (QED) is 0.611. The van der Waals surface area contributed by atoms with Crippen molar-refractivity contribution in [3.63, 3.8) is 0 Å². The first-order valence-electron chi connectivity index (χ1n) is 5.33. The fourth-order valence-corrected chi connectivity index (χ4v) is 1.69. The Kier molecular flexibility index (Phi) is 3.68. The number of nitrogens with two attached hydrogens (primary N) is 1. The zero-order valence-corrected chi connectivity index (χ0v) is 8.95. The molecule has 1 saturated carbocycles. The second-order valence-corrected chi connectivity index (χ2v) is 4.13. The topological polar surface area (TPSA) is 92.4 Å². The number of hydrogen-bond donors (Lipinski definition) is 3. The molecule has 0 saturated heterocycles. The molecule has 1 atom stereocenters. The van der Waals surface area contributed by atoms with Crippen LogP contribution < -0.4 is 11.1 Å². The Morgan fingerprint density at radius 2 is 2.13 bits per heavy atom. The molecule has 5 nitrogen and oxygen atoms in total. The van der Waals surface area contributed by atoms with Crippen molar-refractivity contribution in [1.29, 1.82) is 0 Å². The van der Waals surface area contributed by atoms with E-state index in [1.165, 1.54) is 0 Å². The van der Waals surface area contributed by atoms with E-state index < -0.39 is 17.6 Å². The summed E-state index contributed by atoms with van der Waals surface area (Å²) in [6.07, 6.45) is 3.26. The van der Waals surface area contributed by atoms with Crippen LogP contribution in [0.4, 0.5) is 0 Å². The minimum absolute atomic E-state index is 0.348. The van der Waals surface area contributed by atoms with Gasteiger partial charge in [0.05, 0.1) is 6.04 Å². The number of aliphatic carboxylic acids is 1. The highest BCUT2D eigenvalue weighted by molar-refractivity contribution is 5.90. The monoisotopic (exact) mass is 214 g/mol. The lowest BCUT2D eigenvalue weighted by Gasteiger charge is -2.38. The summed E-state index contributed by atoms with van der Waals surface area (Å²) in [5, 5.41) is 11.5. The fraction of sp³-hybridized carbons (Fsp3) is 0.800. The molecule has 1 amide bonds. The molecule has 15 heavy (non-hydrogen) atoms. The van der Waals surface area contributed by atoms with Gasteiger partial charge in [-0.2, -0.15) is 0 Å². The van der Waals surface area contributed by atoms with E-state index >= 15 is 0 Å². The maximum Gasteiger partial charge on any atom is 0.329 e. The molecular formula is C10H18N2O3. The lowest BCUT2D eigenvalue weighted by molar-refractivity contribution is -0.152. The number of nitrogens with one attached hydrogen (secondary N) is 1. The maximum absolute atomic E-state index is 11.5. The summed E-state index contributed by atoms with van der Waals surface area (Å²) in [5.74, 6) is -1.30. The Bertz CT molecular complexity index is 261. The molecule has 0 aromatic carbocycles. The van der Waals surface area contributed by atoms with Crippen LogP contribution in [0.2, 0.25) is 0 Å². The zero-order chi connectivity index (χ0) is 11.5. The van der Waals surface area contributed by atoms with Gasteiger partial charge in [-0.25, -0.2) is 4.79 Å². The Hall–Kier alpha value is -1.10. The van der Waals surface area contributed by atoms with Crippen molar-refractivity contribution in [2.45, 2.75) is 50.6 Å². The van der Waals surface area contributed by atoms with Crippen molar-refractivity contribution in [3.05, 3.63) is 0 Å². The predicted octanol–water partition coefficient (Wildman–Crippen LogP) is 0.237. The molecule has 0 radical (unpaired) electrons. The molecular weight excluding hydrogens is 196 g/mol. The largest absolute Gasteiger partial charge is 0.480 e. The van der Waals surface area contributed by atoms with Gasteiger partial charge in [0.25, 0.3) is 0 Å². The molecule has 1 aliphatic carbocycles. The zero-order valence-electron chi connectivity index (χ0n) is 8.95. The van der Waals surface area contributed by atoms with Crippen LogP contribution in [0.1, 0.15) is 39.0 Å².